The third kappa shape index (κ3) is 4.27. The van der Waals surface area contributed by atoms with Gasteiger partial charge in [0, 0.05) is 43.5 Å². The van der Waals surface area contributed by atoms with Gasteiger partial charge < -0.3 is 19.7 Å². The number of hydrogen-bond donors (Lipinski definition) is 1. The number of nitriles is 1. The van der Waals surface area contributed by atoms with E-state index in [-0.39, 0.29) is 6.10 Å². The van der Waals surface area contributed by atoms with Crippen molar-refractivity contribution in [1.29, 1.82) is 5.26 Å². The summed E-state index contributed by atoms with van der Waals surface area (Å²) < 4.78 is 13.5. The van der Waals surface area contributed by atoms with Gasteiger partial charge in [0.25, 0.3) is 0 Å². The van der Waals surface area contributed by atoms with E-state index in [1.54, 1.807) is 10.7 Å². The number of rotatable bonds is 5. The quantitative estimate of drug-likeness (QED) is 0.663. The van der Waals surface area contributed by atoms with Crippen LogP contribution in [-0.4, -0.2) is 60.1 Å². The molecule has 0 aliphatic carbocycles. The molecule has 3 aromatic rings. The van der Waals surface area contributed by atoms with E-state index in [2.05, 4.69) is 40.4 Å². The maximum Gasteiger partial charge on any atom is 0.138 e. The number of anilines is 1. The van der Waals surface area contributed by atoms with Crippen LogP contribution in [0.4, 0.5) is 5.82 Å². The van der Waals surface area contributed by atoms with E-state index in [1.807, 2.05) is 18.5 Å². The number of nitrogens with one attached hydrogen (secondary N) is 1. The first-order chi connectivity index (χ1) is 15.7. The molecule has 0 bridgehead atoms. The van der Waals surface area contributed by atoms with Gasteiger partial charge in [-0.1, -0.05) is 6.92 Å². The van der Waals surface area contributed by atoms with Crippen molar-refractivity contribution in [3.8, 4) is 22.9 Å². The van der Waals surface area contributed by atoms with E-state index in [9.17, 15) is 5.26 Å². The van der Waals surface area contributed by atoms with Crippen LogP contribution >= 0.6 is 0 Å². The zero-order valence-electron chi connectivity index (χ0n) is 18.3. The second-order valence-electron chi connectivity index (χ2n) is 8.64. The number of ether oxygens (including phenoxy) is 2. The lowest BCUT2D eigenvalue weighted by atomic mass is 9.99. The summed E-state index contributed by atoms with van der Waals surface area (Å²) in [6, 6.07) is 8.36. The van der Waals surface area contributed by atoms with Gasteiger partial charge in [-0.25, -0.2) is 9.50 Å². The fraction of sp³-hybridized carbons (Fsp3) is 0.458. The van der Waals surface area contributed by atoms with Crippen LogP contribution in [0.5, 0.6) is 5.75 Å². The fourth-order valence-electron chi connectivity index (χ4n) is 4.36. The molecule has 2 aliphatic heterocycles. The highest BCUT2D eigenvalue weighted by Crippen LogP contribution is 2.32. The molecular formula is C24H28N6O2. The van der Waals surface area contributed by atoms with Crippen LogP contribution in [-0.2, 0) is 4.74 Å². The standard InChI is InChI=1S/C24H28N6O2/c1-17-4-7-29(8-5-17)23-3-2-18(12-27-23)22-10-20(32-16-21-14-26-6-9-31-21)15-30-24(22)19(11-25)13-28-30/h2-3,10,12-13,15,17,21,26H,4-9,14,16H2,1H3. The molecule has 8 heteroatoms. The molecule has 1 N–H and O–H groups in total. The summed E-state index contributed by atoms with van der Waals surface area (Å²) >= 11 is 0. The zero-order valence-corrected chi connectivity index (χ0v) is 18.3. The highest BCUT2D eigenvalue weighted by atomic mass is 16.5. The summed E-state index contributed by atoms with van der Waals surface area (Å²) in [5, 5.41) is 17.3. The topological polar surface area (TPSA) is 87.7 Å². The first-order valence-corrected chi connectivity index (χ1v) is 11.3. The van der Waals surface area contributed by atoms with Crippen molar-refractivity contribution in [1.82, 2.24) is 19.9 Å². The van der Waals surface area contributed by atoms with Gasteiger partial charge in [-0.15, -0.1) is 0 Å². The third-order valence-corrected chi connectivity index (χ3v) is 6.31. The second-order valence-corrected chi connectivity index (χ2v) is 8.64. The molecule has 0 amide bonds. The Hall–Kier alpha value is -3.15. The molecule has 5 rings (SSSR count). The summed E-state index contributed by atoms with van der Waals surface area (Å²) in [6.07, 6.45) is 7.70. The van der Waals surface area contributed by atoms with Gasteiger partial charge in [-0.3, -0.25) is 0 Å². The molecule has 0 radical (unpaired) electrons. The lowest BCUT2D eigenvalue weighted by Crippen LogP contribution is -2.41. The molecule has 1 unspecified atom stereocenters. The normalized spacial score (nSPS) is 19.8. The SMILES string of the molecule is CC1CCN(c2ccc(-c3cc(OCC4CNCCO4)cn4ncc(C#N)c34)cn2)CC1. The predicted molar refractivity (Wildman–Crippen MR) is 122 cm³/mol. The van der Waals surface area contributed by atoms with Crippen molar-refractivity contribution >= 4 is 11.3 Å². The number of piperidine rings is 1. The summed E-state index contributed by atoms with van der Waals surface area (Å²) in [7, 11) is 0. The highest BCUT2D eigenvalue weighted by Gasteiger charge is 2.19. The van der Waals surface area contributed by atoms with Crippen molar-refractivity contribution in [2.75, 3.05) is 44.3 Å². The Morgan fingerprint density at radius 3 is 2.88 bits per heavy atom. The molecule has 32 heavy (non-hydrogen) atoms. The Balaban J connectivity index is 1.43. The molecule has 2 aliphatic rings. The second kappa shape index (κ2) is 9.15. The van der Waals surface area contributed by atoms with Crippen molar-refractivity contribution in [3.05, 3.63) is 42.4 Å². The summed E-state index contributed by atoms with van der Waals surface area (Å²) in [5.41, 5.74) is 3.10. The average Bonchev–Trinajstić information content (AvgIpc) is 3.27. The molecule has 0 spiro atoms. The monoisotopic (exact) mass is 432 g/mol. The maximum atomic E-state index is 9.59. The van der Waals surface area contributed by atoms with Crippen LogP contribution in [0.1, 0.15) is 25.3 Å². The summed E-state index contributed by atoms with van der Waals surface area (Å²) in [6.45, 7) is 7.18. The molecule has 8 nitrogen and oxygen atoms in total. The zero-order chi connectivity index (χ0) is 21.9. The fourth-order valence-corrected chi connectivity index (χ4v) is 4.36. The minimum atomic E-state index is 0.0170. The van der Waals surface area contributed by atoms with Gasteiger partial charge in [-0.05, 0) is 37.0 Å². The van der Waals surface area contributed by atoms with Crippen LogP contribution in [0.15, 0.2) is 36.8 Å². The molecule has 0 aromatic carbocycles. The van der Waals surface area contributed by atoms with Crippen molar-refractivity contribution in [2.45, 2.75) is 25.9 Å². The lowest BCUT2D eigenvalue weighted by molar-refractivity contribution is 0.000108. The Morgan fingerprint density at radius 1 is 1.28 bits per heavy atom. The third-order valence-electron chi connectivity index (χ3n) is 6.31. The maximum absolute atomic E-state index is 9.59. The van der Waals surface area contributed by atoms with Gasteiger partial charge in [0.05, 0.1) is 30.1 Å². The average molecular weight is 433 g/mol. The Labute approximate surface area is 187 Å². The molecule has 0 saturated carbocycles. The van der Waals surface area contributed by atoms with Crippen molar-refractivity contribution < 1.29 is 9.47 Å². The highest BCUT2D eigenvalue weighted by molar-refractivity contribution is 5.85. The molecule has 166 valence electrons. The van der Waals surface area contributed by atoms with Gasteiger partial charge in [0.15, 0.2) is 0 Å². The van der Waals surface area contributed by atoms with Crippen LogP contribution < -0.4 is 15.0 Å². The summed E-state index contributed by atoms with van der Waals surface area (Å²) in [4.78, 5) is 7.09. The van der Waals surface area contributed by atoms with Crippen LogP contribution in [0, 0.1) is 17.2 Å². The minimum absolute atomic E-state index is 0.0170. The van der Waals surface area contributed by atoms with Gasteiger partial charge in [-0.2, -0.15) is 10.4 Å². The largest absolute Gasteiger partial charge is 0.489 e. The van der Waals surface area contributed by atoms with Crippen molar-refractivity contribution in [3.63, 3.8) is 0 Å². The van der Waals surface area contributed by atoms with Gasteiger partial charge >= 0.3 is 0 Å². The molecular weight excluding hydrogens is 404 g/mol. The number of aromatic nitrogens is 3. The number of nitrogens with zero attached hydrogens (tertiary/aromatic N) is 5. The van der Waals surface area contributed by atoms with Crippen LogP contribution in [0.3, 0.4) is 0 Å². The lowest BCUT2D eigenvalue weighted by Gasteiger charge is -2.31. The van der Waals surface area contributed by atoms with Gasteiger partial charge in [0.2, 0.25) is 0 Å². The van der Waals surface area contributed by atoms with Crippen LogP contribution in [0.25, 0.3) is 16.6 Å². The predicted octanol–water partition coefficient (Wildman–Crippen LogP) is 2.87. The Morgan fingerprint density at radius 2 is 2.16 bits per heavy atom. The van der Waals surface area contributed by atoms with Gasteiger partial charge in [0.1, 0.15) is 30.3 Å². The Kier molecular flexibility index (Phi) is 5.93. The smallest absolute Gasteiger partial charge is 0.138 e. The Bertz CT molecular complexity index is 1110. The van der Waals surface area contributed by atoms with E-state index >= 15 is 0 Å². The van der Waals surface area contributed by atoms with E-state index in [1.165, 1.54) is 12.8 Å². The van der Waals surface area contributed by atoms with E-state index in [4.69, 9.17) is 14.5 Å². The number of pyridine rings is 2. The number of fused-ring (bicyclic) bond motifs is 1. The molecule has 3 aromatic heterocycles. The summed E-state index contributed by atoms with van der Waals surface area (Å²) in [5.74, 6) is 2.46. The molecule has 2 fully saturated rings. The van der Waals surface area contributed by atoms with E-state index in [0.717, 1.165) is 54.6 Å². The number of hydrogen-bond acceptors (Lipinski definition) is 7. The van der Waals surface area contributed by atoms with E-state index < -0.39 is 0 Å². The molecule has 5 heterocycles. The first-order valence-electron chi connectivity index (χ1n) is 11.3. The molecule has 1 atom stereocenters. The van der Waals surface area contributed by atoms with Crippen LogP contribution in [0.2, 0.25) is 0 Å². The first kappa shape index (κ1) is 20.7. The van der Waals surface area contributed by atoms with Crippen molar-refractivity contribution in [2.24, 2.45) is 5.92 Å². The molecule has 2 saturated heterocycles. The minimum Gasteiger partial charge on any atom is -0.489 e. The number of morpholine rings is 1. The van der Waals surface area contributed by atoms with E-state index in [0.29, 0.717) is 24.5 Å².